The lowest BCUT2D eigenvalue weighted by Gasteiger charge is -2.45. The van der Waals surface area contributed by atoms with Crippen LogP contribution in [-0.2, 0) is 21.5 Å². The summed E-state index contributed by atoms with van der Waals surface area (Å²) in [5.41, 5.74) is 0.409. The molecule has 1 fully saturated rings. The van der Waals surface area contributed by atoms with Crippen LogP contribution in [0.25, 0.3) is 0 Å². The third kappa shape index (κ3) is 4.28. The lowest BCUT2D eigenvalue weighted by Crippen LogP contribution is -2.46. The number of rotatable bonds is 7. The van der Waals surface area contributed by atoms with Crippen LogP contribution in [-0.4, -0.2) is 37.0 Å². The highest BCUT2D eigenvalue weighted by Crippen LogP contribution is 2.46. The van der Waals surface area contributed by atoms with Gasteiger partial charge in [-0.3, -0.25) is 4.55 Å². The van der Waals surface area contributed by atoms with E-state index in [9.17, 15) is 13.5 Å². The molecule has 0 aromatic heterocycles. The van der Waals surface area contributed by atoms with E-state index in [1.807, 2.05) is 30.3 Å². The predicted octanol–water partition coefficient (Wildman–Crippen LogP) is 1.48. The summed E-state index contributed by atoms with van der Waals surface area (Å²) in [6, 6.07) is 9.81. The Kier molecular flexibility index (Phi) is 4.80. The molecule has 6 heteroatoms. The van der Waals surface area contributed by atoms with Crippen molar-refractivity contribution in [2.45, 2.75) is 19.4 Å². The van der Waals surface area contributed by atoms with Gasteiger partial charge in [-0.2, -0.15) is 8.42 Å². The fourth-order valence-electron chi connectivity index (χ4n) is 2.88. The van der Waals surface area contributed by atoms with Gasteiger partial charge in [-0.05, 0) is 24.3 Å². The van der Waals surface area contributed by atoms with Crippen LogP contribution in [0.1, 0.15) is 18.4 Å². The Morgan fingerprint density at radius 3 is 2.45 bits per heavy atom. The zero-order valence-electron chi connectivity index (χ0n) is 11.2. The molecule has 0 unspecified atom stereocenters. The molecule has 0 bridgehead atoms. The van der Waals surface area contributed by atoms with Gasteiger partial charge in [-0.1, -0.05) is 30.3 Å². The highest BCUT2D eigenvalue weighted by Gasteiger charge is 2.46. The first-order valence-corrected chi connectivity index (χ1v) is 8.21. The van der Waals surface area contributed by atoms with Gasteiger partial charge in [0.15, 0.2) is 0 Å². The fraction of sp³-hybridized carbons (Fsp3) is 0.571. The first kappa shape index (κ1) is 15.4. The Hall–Kier alpha value is -0.950. The molecule has 112 valence electrons. The number of aliphatic hydroxyl groups is 1. The number of hydrogen-bond donors (Lipinski definition) is 2. The average Bonchev–Trinajstić information content (AvgIpc) is 2.35. The van der Waals surface area contributed by atoms with Gasteiger partial charge in [-0.15, -0.1) is 0 Å². The second-order valence-electron chi connectivity index (χ2n) is 5.66. The van der Waals surface area contributed by atoms with Crippen molar-refractivity contribution in [2.24, 2.45) is 11.3 Å². The molecule has 0 atom stereocenters. The molecular formula is C14H20O5S. The molecule has 1 saturated carbocycles. The van der Waals surface area contributed by atoms with E-state index in [1.165, 1.54) is 0 Å². The van der Waals surface area contributed by atoms with Crippen LogP contribution in [0, 0.1) is 11.3 Å². The predicted molar refractivity (Wildman–Crippen MR) is 74.8 cm³/mol. The lowest BCUT2D eigenvalue weighted by molar-refractivity contribution is -0.0357. The SMILES string of the molecule is O=S(=O)(O)CC1(CO)CC(COCc2ccccc2)C1. The van der Waals surface area contributed by atoms with Crippen molar-refractivity contribution in [1.82, 2.24) is 0 Å². The van der Waals surface area contributed by atoms with Gasteiger partial charge in [-0.25, -0.2) is 0 Å². The molecule has 2 rings (SSSR count). The Morgan fingerprint density at radius 2 is 1.90 bits per heavy atom. The lowest BCUT2D eigenvalue weighted by atomic mass is 9.64. The van der Waals surface area contributed by atoms with Crippen LogP contribution in [0.5, 0.6) is 0 Å². The minimum atomic E-state index is -4.04. The van der Waals surface area contributed by atoms with E-state index in [-0.39, 0.29) is 18.3 Å². The quantitative estimate of drug-likeness (QED) is 0.745. The van der Waals surface area contributed by atoms with Crippen molar-refractivity contribution in [3.8, 4) is 0 Å². The van der Waals surface area contributed by atoms with Crippen LogP contribution in [0.15, 0.2) is 30.3 Å². The van der Waals surface area contributed by atoms with E-state index in [0.29, 0.717) is 26.1 Å². The Balaban J connectivity index is 1.73. The summed E-state index contributed by atoms with van der Waals surface area (Å²) in [5, 5.41) is 9.30. The number of hydrogen-bond acceptors (Lipinski definition) is 4. The van der Waals surface area contributed by atoms with Crippen LogP contribution in [0.3, 0.4) is 0 Å². The van der Waals surface area contributed by atoms with Crippen LogP contribution >= 0.6 is 0 Å². The maximum atomic E-state index is 10.9. The summed E-state index contributed by atoms with van der Waals surface area (Å²) >= 11 is 0. The molecule has 2 N–H and O–H groups in total. The van der Waals surface area contributed by atoms with Gasteiger partial charge in [0, 0.05) is 18.6 Å². The summed E-state index contributed by atoms with van der Waals surface area (Å²) in [6.45, 7) is 0.853. The highest BCUT2D eigenvalue weighted by atomic mass is 32.2. The molecule has 1 aromatic rings. The van der Waals surface area contributed by atoms with Crippen molar-refractivity contribution in [3.63, 3.8) is 0 Å². The maximum Gasteiger partial charge on any atom is 0.265 e. The minimum absolute atomic E-state index is 0.220. The molecular weight excluding hydrogens is 280 g/mol. The summed E-state index contributed by atoms with van der Waals surface area (Å²) < 4.78 is 36.3. The molecule has 20 heavy (non-hydrogen) atoms. The standard InChI is InChI=1S/C14H20O5S/c15-10-14(11-20(16,17)18)6-13(7-14)9-19-8-12-4-2-1-3-5-12/h1-5,13,15H,6-11H2,(H,16,17,18). The van der Waals surface area contributed by atoms with E-state index in [4.69, 9.17) is 9.29 Å². The number of ether oxygens (including phenoxy) is 1. The van der Waals surface area contributed by atoms with E-state index in [0.717, 1.165) is 5.56 Å². The number of benzene rings is 1. The zero-order chi connectivity index (χ0) is 14.6. The molecule has 1 aliphatic carbocycles. The Morgan fingerprint density at radius 1 is 1.25 bits per heavy atom. The zero-order valence-corrected chi connectivity index (χ0v) is 12.1. The molecule has 5 nitrogen and oxygen atoms in total. The third-order valence-electron chi connectivity index (χ3n) is 3.73. The van der Waals surface area contributed by atoms with Gasteiger partial charge in [0.2, 0.25) is 0 Å². The van der Waals surface area contributed by atoms with Gasteiger partial charge < -0.3 is 9.84 Å². The largest absolute Gasteiger partial charge is 0.396 e. The molecule has 0 radical (unpaired) electrons. The smallest absolute Gasteiger partial charge is 0.265 e. The summed E-state index contributed by atoms with van der Waals surface area (Å²) in [7, 11) is -4.04. The van der Waals surface area contributed by atoms with Crippen LogP contribution in [0.2, 0.25) is 0 Å². The second-order valence-corrected chi connectivity index (χ2v) is 7.11. The normalized spacial score (nSPS) is 26.2. The molecule has 0 aliphatic heterocycles. The minimum Gasteiger partial charge on any atom is -0.396 e. The summed E-state index contributed by atoms with van der Waals surface area (Å²) in [6.07, 6.45) is 1.14. The van der Waals surface area contributed by atoms with Crippen molar-refractivity contribution in [1.29, 1.82) is 0 Å². The molecule has 0 amide bonds. The van der Waals surface area contributed by atoms with Gasteiger partial charge in [0.1, 0.15) is 0 Å². The first-order chi connectivity index (χ1) is 9.42. The Bertz CT molecular complexity index is 520. The van der Waals surface area contributed by atoms with Crippen LogP contribution in [0.4, 0.5) is 0 Å². The van der Waals surface area contributed by atoms with Gasteiger partial charge in [0.25, 0.3) is 10.1 Å². The second kappa shape index (κ2) is 6.22. The summed E-state index contributed by atoms with van der Waals surface area (Å²) in [4.78, 5) is 0. The van der Waals surface area contributed by atoms with Crippen molar-refractivity contribution in [2.75, 3.05) is 19.0 Å². The van der Waals surface area contributed by atoms with Crippen molar-refractivity contribution in [3.05, 3.63) is 35.9 Å². The van der Waals surface area contributed by atoms with E-state index >= 15 is 0 Å². The van der Waals surface area contributed by atoms with Gasteiger partial charge in [0.05, 0.1) is 12.4 Å². The van der Waals surface area contributed by atoms with E-state index in [2.05, 4.69) is 0 Å². The van der Waals surface area contributed by atoms with Gasteiger partial charge >= 0.3 is 0 Å². The van der Waals surface area contributed by atoms with E-state index in [1.54, 1.807) is 0 Å². The fourth-order valence-corrected chi connectivity index (χ4v) is 3.98. The molecule has 0 heterocycles. The van der Waals surface area contributed by atoms with Crippen LogP contribution < -0.4 is 0 Å². The molecule has 1 aliphatic rings. The van der Waals surface area contributed by atoms with Crippen molar-refractivity contribution < 1.29 is 22.8 Å². The molecule has 0 saturated heterocycles. The first-order valence-electron chi connectivity index (χ1n) is 6.60. The highest BCUT2D eigenvalue weighted by molar-refractivity contribution is 7.85. The van der Waals surface area contributed by atoms with E-state index < -0.39 is 15.5 Å². The monoisotopic (exact) mass is 300 g/mol. The third-order valence-corrected chi connectivity index (χ3v) is 4.71. The maximum absolute atomic E-state index is 10.9. The van der Waals surface area contributed by atoms with Crippen molar-refractivity contribution >= 4 is 10.1 Å². The number of aliphatic hydroxyl groups excluding tert-OH is 1. The average molecular weight is 300 g/mol. The Labute approximate surface area is 119 Å². The molecule has 1 aromatic carbocycles. The molecule has 0 spiro atoms. The topological polar surface area (TPSA) is 83.8 Å². The summed E-state index contributed by atoms with van der Waals surface area (Å²) in [5.74, 6) is -0.126.